The van der Waals surface area contributed by atoms with Gasteiger partial charge in [-0.3, -0.25) is 10.1 Å². The number of hydrogen-bond donors (Lipinski definition) is 1. The summed E-state index contributed by atoms with van der Waals surface area (Å²) in [5, 5.41) is 2.99. The summed E-state index contributed by atoms with van der Waals surface area (Å²) in [5.74, 6) is 0.564. The van der Waals surface area contributed by atoms with E-state index in [-0.39, 0.29) is 5.91 Å². The molecule has 4 aromatic rings. The molecule has 4 nitrogen and oxygen atoms in total. The van der Waals surface area contributed by atoms with E-state index in [1.807, 2.05) is 54.6 Å². The summed E-state index contributed by atoms with van der Waals surface area (Å²) in [6.07, 6.45) is 1.30. The molecule has 1 aromatic heterocycles. The van der Waals surface area contributed by atoms with Crippen molar-refractivity contribution in [3.8, 4) is 11.1 Å². The molecule has 0 aliphatic heterocycles. The maximum absolute atomic E-state index is 12.6. The monoisotopic (exact) mass is 369 g/mol. The highest BCUT2D eigenvalue weighted by Gasteiger charge is 2.13. The standard InChI is InChI=1S/C24H23N3O/c1-2-16-27-22-11-7-6-10-21(22)25-24(27)26-23(28)17-18-12-14-20(15-13-18)19-8-4-3-5-9-19/h3-15H,2,16-17H2,1H3,(H,25,26,28). The number of nitrogens with zero attached hydrogens (tertiary/aromatic N) is 2. The van der Waals surface area contributed by atoms with Crippen molar-refractivity contribution in [2.45, 2.75) is 26.3 Å². The molecular weight excluding hydrogens is 346 g/mol. The molecule has 1 N–H and O–H groups in total. The third-order valence-electron chi connectivity index (χ3n) is 4.78. The number of aromatic nitrogens is 2. The van der Waals surface area contributed by atoms with Crippen LogP contribution in [-0.2, 0) is 17.8 Å². The second kappa shape index (κ2) is 8.09. The van der Waals surface area contributed by atoms with Crippen molar-refractivity contribution in [2.24, 2.45) is 0 Å². The lowest BCUT2D eigenvalue weighted by Crippen LogP contribution is -2.18. The van der Waals surface area contributed by atoms with Gasteiger partial charge in [-0.2, -0.15) is 0 Å². The Balaban J connectivity index is 1.49. The molecule has 3 aromatic carbocycles. The van der Waals surface area contributed by atoms with Crippen LogP contribution >= 0.6 is 0 Å². The number of nitrogens with one attached hydrogen (secondary N) is 1. The Morgan fingerprint density at radius 3 is 2.32 bits per heavy atom. The molecule has 0 unspecified atom stereocenters. The van der Waals surface area contributed by atoms with Crippen LogP contribution in [0.15, 0.2) is 78.9 Å². The highest BCUT2D eigenvalue weighted by molar-refractivity contribution is 5.93. The molecule has 0 saturated heterocycles. The van der Waals surface area contributed by atoms with Gasteiger partial charge in [-0.05, 0) is 35.2 Å². The van der Waals surface area contributed by atoms with E-state index in [2.05, 4.69) is 46.1 Å². The number of carbonyl (C=O) groups is 1. The highest BCUT2D eigenvalue weighted by atomic mass is 16.1. The first kappa shape index (κ1) is 18.0. The minimum atomic E-state index is -0.0554. The summed E-state index contributed by atoms with van der Waals surface area (Å²) < 4.78 is 2.08. The summed E-state index contributed by atoms with van der Waals surface area (Å²) in [5.41, 5.74) is 5.25. The first-order valence-electron chi connectivity index (χ1n) is 9.64. The first-order valence-corrected chi connectivity index (χ1v) is 9.64. The predicted octanol–water partition coefficient (Wildman–Crippen LogP) is 5.29. The van der Waals surface area contributed by atoms with Gasteiger partial charge in [-0.1, -0.05) is 73.7 Å². The van der Waals surface area contributed by atoms with Crippen LogP contribution in [0.25, 0.3) is 22.2 Å². The van der Waals surface area contributed by atoms with Gasteiger partial charge < -0.3 is 4.57 Å². The van der Waals surface area contributed by atoms with E-state index in [9.17, 15) is 4.79 Å². The van der Waals surface area contributed by atoms with Gasteiger partial charge in [0.1, 0.15) is 0 Å². The lowest BCUT2D eigenvalue weighted by molar-refractivity contribution is -0.115. The number of fused-ring (bicyclic) bond motifs is 1. The predicted molar refractivity (Wildman–Crippen MR) is 114 cm³/mol. The molecule has 0 fully saturated rings. The molecule has 0 atom stereocenters. The second-order valence-corrected chi connectivity index (χ2v) is 6.86. The van der Waals surface area contributed by atoms with Crippen LogP contribution in [0, 0.1) is 0 Å². The van der Waals surface area contributed by atoms with Crippen LogP contribution in [-0.4, -0.2) is 15.5 Å². The number of hydrogen-bond acceptors (Lipinski definition) is 2. The molecule has 0 bridgehead atoms. The minimum Gasteiger partial charge on any atom is -0.310 e. The van der Waals surface area contributed by atoms with E-state index >= 15 is 0 Å². The highest BCUT2D eigenvalue weighted by Crippen LogP contribution is 2.21. The van der Waals surface area contributed by atoms with Gasteiger partial charge in [0.25, 0.3) is 0 Å². The van der Waals surface area contributed by atoms with Crippen LogP contribution in [0.4, 0.5) is 5.95 Å². The van der Waals surface area contributed by atoms with Gasteiger partial charge in [0.15, 0.2) is 0 Å². The third kappa shape index (κ3) is 3.81. The molecule has 1 amide bonds. The quantitative estimate of drug-likeness (QED) is 0.502. The van der Waals surface area contributed by atoms with Crippen molar-refractivity contribution < 1.29 is 4.79 Å². The smallest absolute Gasteiger partial charge is 0.231 e. The molecule has 140 valence electrons. The summed E-state index contributed by atoms with van der Waals surface area (Å²) in [7, 11) is 0. The summed E-state index contributed by atoms with van der Waals surface area (Å²) in [4.78, 5) is 17.2. The molecule has 4 heteroatoms. The Labute approximate surface area is 164 Å². The van der Waals surface area contributed by atoms with Gasteiger partial charge in [0.2, 0.25) is 11.9 Å². The van der Waals surface area contributed by atoms with Gasteiger partial charge in [0, 0.05) is 6.54 Å². The van der Waals surface area contributed by atoms with Crippen molar-refractivity contribution in [1.29, 1.82) is 0 Å². The van der Waals surface area contributed by atoms with Crippen molar-refractivity contribution in [3.63, 3.8) is 0 Å². The Morgan fingerprint density at radius 1 is 0.893 bits per heavy atom. The fourth-order valence-electron chi connectivity index (χ4n) is 3.42. The van der Waals surface area contributed by atoms with Crippen molar-refractivity contribution in [3.05, 3.63) is 84.4 Å². The molecule has 0 aliphatic carbocycles. The summed E-state index contributed by atoms with van der Waals surface area (Å²) in [6.45, 7) is 2.94. The topological polar surface area (TPSA) is 46.9 Å². The summed E-state index contributed by atoms with van der Waals surface area (Å²) in [6, 6.07) is 26.3. The number of rotatable bonds is 6. The zero-order chi connectivity index (χ0) is 19.3. The van der Waals surface area contributed by atoms with Crippen LogP contribution in [0.3, 0.4) is 0 Å². The normalized spacial score (nSPS) is 10.9. The third-order valence-corrected chi connectivity index (χ3v) is 4.78. The Kier molecular flexibility index (Phi) is 5.20. The van der Waals surface area contributed by atoms with Crippen molar-refractivity contribution in [2.75, 3.05) is 5.32 Å². The lowest BCUT2D eigenvalue weighted by Gasteiger charge is -2.09. The molecular formula is C24H23N3O. The minimum absolute atomic E-state index is 0.0554. The van der Waals surface area contributed by atoms with E-state index in [1.165, 1.54) is 5.56 Å². The number of anilines is 1. The van der Waals surface area contributed by atoms with Crippen LogP contribution in [0.2, 0.25) is 0 Å². The van der Waals surface area contributed by atoms with Crippen LogP contribution in [0.1, 0.15) is 18.9 Å². The van der Waals surface area contributed by atoms with Gasteiger partial charge in [-0.15, -0.1) is 0 Å². The fourth-order valence-corrected chi connectivity index (χ4v) is 3.42. The van der Waals surface area contributed by atoms with E-state index < -0.39 is 0 Å². The van der Waals surface area contributed by atoms with Gasteiger partial charge >= 0.3 is 0 Å². The Morgan fingerprint density at radius 2 is 1.57 bits per heavy atom. The van der Waals surface area contributed by atoms with E-state index in [0.29, 0.717) is 12.4 Å². The number of aryl methyl sites for hydroxylation is 1. The number of imidazole rings is 1. The molecule has 0 radical (unpaired) electrons. The first-order chi connectivity index (χ1) is 13.7. The second-order valence-electron chi connectivity index (χ2n) is 6.86. The van der Waals surface area contributed by atoms with Crippen LogP contribution in [0.5, 0.6) is 0 Å². The number of para-hydroxylation sites is 2. The maximum Gasteiger partial charge on any atom is 0.231 e. The molecule has 0 aliphatic rings. The van der Waals surface area contributed by atoms with Gasteiger partial charge in [-0.25, -0.2) is 4.98 Å². The molecule has 28 heavy (non-hydrogen) atoms. The molecule has 0 spiro atoms. The number of carbonyl (C=O) groups excluding carboxylic acids is 1. The zero-order valence-electron chi connectivity index (χ0n) is 15.9. The fraction of sp³-hybridized carbons (Fsp3) is 0.167. The Bertz CT molecular complexity index is 1080. The number of benzene rings is 3. The maximum atomic E-state index is 12.6. The van der Waals surface area contributed by atoms with Crippen molar-refractivity contribution in [1.82, 2.24) is 9.55 Å². The average Bonchev–Trinajstić information content (AvgIpc) is 3.06. The SMILES string of the molecule is CCCn1c(NC(=O)Cc2ccc(-c3ccccc3)cc2)nc2ccccc21. The van der Waals surface area contributed by atoms with E-state index in [4.69, 9.17) is 0 Å². The number of amides is 1. The summed E-state index contributed by atoms with van der Waals surface area (Å²) >= 11 is 0. The van der Waals surface area contributed by atoms with Crippen molar-refractivity contribution >= 4 is 22.9 Å². The van der Waals surface area contributed by atoms with Gasteiger partial charge in [0.05, 0.1) is 17.5 Å². The average molecular weight is 369 g/mol. The molecule has 4 rings (SSSR count). The van der Waals surface area contributed by atoms with Crippen LogP contribution < -0.4 is 5.32 Å². The van der Waals surface area contributed by atoms with E-state index in [0.717, 1.165) is 35.1 Å². The van der Waals surface area contributed by atoms with E-state index in [1.54, 1.807) is 0 Å². The Hall–Kier alpha value is -3.40. The zero-order valence-corrected chi connectivity index (χ0v) is 15.9. The largest absolute Gasteiger partial charge is 0.310 e. The molecule has 0 saturated carbocycles. The lowest BCUT2D eigenvalue weighted by atomic mass is 10.0. The molecule has 1 heterocycles.